The quantitative estimate of drug-likeness (QED) is 0.363. The van der Waals surface area contributed by atoms with Gasteiger partial charge in [-0.25, -0.2) is 9.97 Å². The van der Waals surface area contributed by atoms with Gasteiger partial charge < -0.3 is 15.1 Å². The van der Waals surface area contributed by atoms with Crippen LogP contribution in [0.4, 0.5) is 5.95 Å². The van der Waals surface area contributed by atoms with Crippen LogP contribution in [0.1, 0.15) is 6.42 Å². The predicted molar refractivity (Wildman–Crippen MR) is 153 cm³/mol. The molecule has 1 fully saturated rings. The van der Waals surface area contributed by atoms with Crippen LogP contribution < -0.4 is 5.32 Å². The number of rotatable bonds is 6. The molecule has 0 amide bonds. The minimum Gasteiger partial charge on any atom is -0.354 e. The zero-order valence-electron chi connectivity index (χ0n) is 17.6. The van der Waals surface area contributed by atoms with E-state index in [4.69, 9.17) is 4.98 Å². The lowest BCUT2D eigenvalue weighted by atomic mass is 10.2. The molecule has 1 N–H and O–H groups in total. The van der Waals surface area contributed by atoms with E-state index in [1.165, 1.54) is 41.1 Å². The molecule has 0 aliphatic carbocycles. The molecule has 4 rings (SSSR count). The second-order valence-electron chi connectivity index (χ2n) is 6.84. The summed E-state index contributed by atoms with van der Waals surface area (Å²) in [5.41, 5.74) is 0.989. The van der Waals surface area contributed by atoms with Gasteiger partial charge in [0.15, 0.2) is 0 Å². The smallest absolute Gasteiger partial charge is 0.223 e. The van der Waals surface area contributed by atoms with E-state index in [0.29, 0.717) is 0 Å². The van der Waals surface area contributed by atoms with Crippen LogP contribution in [0.3, 0.4) is 0 Å². The normalized spacial score (nSPS) is 13.2. The Labute approximate surface area is 231 Å². The molecule has 5 nitrogen and oxygen atoms in total. The predicted octanol–water partition coefficient (Wildman–Crippen LogP) is 5.94. The van der Waals surface area contributed by atoms with Crippen LogP contribution in [0, 0.1) is 0 Å². The van der Waals surface area contributed by atoms with Gasteiger partial charge >= 0.3 is 0 Å². The summed E-state index contributed by atoms with van der Waals surface area (Å²) in [6.45, 7) is 6.74. The highest BCUT2D eigenvalue weighted by Gasteiger charge is 2.13. The van der Waals surface area contributed by atoms with Gasteiger partial charge in [0.1, 0.15) is 0 Å². The van der Waals surface area contributed by atoms with Gasteiger partial charge in [-0.3, -0.25) is 0 Å². The number of nitrogens with zero attached hydrogens (tertiary/aromatic N) is 4. The number of benzene rings is 1. The largest absolute Gasteiger partial charge is 0.354 e. The van der Waals surface area contributed by atoms with Crippen molar-refractivity contribution >= 4 is 102 Å². The molecule has 0 unspecified atom stereocenters. The molecular weight excluding hydrogens is 555 g/mol. The van der Waals surface area contributed by atoms with Gasteiger partial charge in [-0.15, -0.1) is 85.8 Å². The lowest BCUT2D eigenvalue weighted by molar-refractivity contribution is 0.154. The Morgan fingerprint density at radius 1 is 0.938 bits per heavy atom. The lowest BCUT2D eigenvalue weighted by Gasteiger charge is -2.32. The summed E-state index contributed by atoms with van der Waals surface area (Å²) in [6, 6.07) is 12.7. The van der Waals surface area contributed by atoms with E-state index in [1.807, 2.05) is 12.3 Å². The maximum atomic E-state index is 4.70. The number of fused-ring (bicyclic) bond motifs is 1. The molecule has 1 saturated heterocycles. The molecule has 1 aromatic carbocycles. The summed E-state index contributed by atoms with van der Waals surface area (Å²) in [4.78, 5) is 15.2. The molecule has 3 aromatic rings. The van der Waals surface area contributed by atoms with E-state index in [-0.39, 0.29) is 74.4 Å². The van der Waals surface area contributed by atoms with Crippen molar-refractivity contribution in [2.45, 2.75) is 6.42 Å². The van der Waals surface area contributed by atoms with E-state index < -0.39 is 0 Å². The number of thiophene rings is 1. The van der Waals surface area contributed by atoms with Crippen LogP contribution in [0.25, 0.3) is 20.7 Å². The molecular formula is C20H31Cl6N5S. The van der Waals surface area contributed by atoms with Crippen molar-refractivity contribution in [3.8, 4) is 10.6 Å². The Bertz CT molecular complexity index is 843. The van der Waals surface area contributed by atoms with E-state index in [1.54, 1.807) is 11.3 Å². The number of aromatic nitrogens is 2. The molecule has 32 heavy (non-hydrogen) atoms. The van der Waals surface area contributed by atoms with Crippen LogP contribution in [0.2, 0.25) is 0 Å². The molecule has 0 bridgehead atoms. The highest BCUT2D eigenvalue weighted by molar-refractivity contribution is 7.22. The van der Waals surface area contributed by atoms with Crippen molar-refractivity contribution < 1.29 is 0 Å². The van der Waals surface area contributed by atoms with Gasteiger partial charge in [-0.2, -0.15) is 0 Å². The van der Waals surface area contributed by atoms with Crippen molar-refractivity contribution in [1.29, 1.82) is 0 Å². The molecule has 2 aromatic heterocycles. The van der Waals surface area contributed by atoms with Crippen LogP contribution in [-0.4, -0.2) is 66.1 Å². The highest BCUT2D eigenvalue weighted by atomic mass is 35.5. The number of likely N-dealkylation sites (N-methyl/N-ethyl adjacent to an activating group) is 1. The van der Waals surface area contributed by atoms with Gasteiger partial charge in [0.05, 0.1) is 10.6 Å². The lowest BCUT2D eigenvalue weighted by Crippen LogP contribution is -2.44. The van der Waals surface area contributed by atoms with Crippen LogP contribution in [0.5, 0.6) is 0 Å². The van der Waals surface area contributed by atoms with Crippen LogP contribution in [0.15, 0.2) is 42.6 Å². The van der Waals surface area contributed by atoms with Gasteiger partial charge in [-0.05, 0) is 43.6 Å². The average molecular weight is 586 g/mol. The Balaban J connectivity index is -0.00000140. The zero-order valence-corrected chi connectivity index (χ0v) is 23.4. The fraction of sp³-hybridized carbons (Fsp3) is 0.400. The topological polar surface area (TPSA) is 44.3 Å². The van der Waals surface area contributed by atoms with Gasteiger partial charge in [0, 0.05) is 43.6 Å². The molecule has 0 spiro atoms. The molecule has 0 saturated carbocycles. The summed E-state index contributed by atoms with van der Waals surface area (Å²) in [5.74, 6) is 0.721. The summed E-state index contributed by atoms with van der Waals surface area (Å²) < 4.78 is 1.29. The van der Waals surface area contributed by atoms with Crippen LogP contribution >= 0.6 is 85.8 Å². The molecule has 0 atom stereocenters. The summed E-state index contributed by atoms with van der Waals surface area (Å²) in [5, 5.41) is 4.65. The first-order chi connectivity index (χ1) is 12.8. The Morgan fingerprint density at radius 2 is 1.62 bits per heavy atom. The first-order valence-electron chi connectivity index (χ1n) is 9.25. The number of halogens is 6. The SMILES string of the molecule is CN1CCN(CCCNc2nccc(-c3cc4ccccc4s3)n2)CC1.Cl.Cl.Cl.Cl.Cl.Cl. The fourth-order valence-electron chi connectivity index (χ4n) is 3.26. The first kappa shape index (κ1) is 36.3. The molecule has 12 heteroatoms. The highest BCUT2D eigenvalue weighted by Crippen LogP contribution is 2.32. The number of hydrogen-bond donors (Lipinski definition) is 1. The van der Waals surface area contributed by atoms with Crippen molar-refractivity contribution in [2.75, 3.05) is 51.6 Å². The summed E-state index contributed by atoms with van der Waals surface area (Å²) in [6.07, 6.45) is 2.95. The Kier molecular flexibility index (Phi) is 20.5. The summed E-state index contributed by atoms with van der Waals surface area (Å²) >= 11 is 1.78. The van der Waals surface area contributed by atoms with E-state index in [9.17, 15) is 0 Å². The first-order valence-corrected chi connectivity index (χ1v) is 10.1. The molecule has 184 valence electrons. The van der Waals surface area contributed by atoms with Gasteiger partial charge in [0.25, 0.3) is 0 Å². The van der Waals surface area contributed by atoms with Crippen molar-refractivity contribution in [3.05, 3.63) is 42.6 Å². The van der Waals surface area contributed by atoms with E-state index in [0.717, 1.165) is 31.2 Å². The molecule has 1 aliphatic heterocycles. The third-order valence-corrected chi connectivity index (χ3v) is 6.00. The number of hydrogen-bond acceptors (Lipinski definition) is 6. The standard InChI is InChI=1S/C20H25N5S.6ClH/c1-24-11-13-25(14-12-24)10-4-8-21-20-22-9-7-17(23-20)19-15-16-5-2-3-6-18(16)26-19;;;;;;/h2-3,5-7,9,15H,4,8,10-14H2,1H3,(H,21,22,23);6*1H. The van der Waals surface area contributed by atoms with Gasteiger partial charge in [0.2, 0.25) is 5.95 Å². The minimum absolute atomic E-state index is 0. The Hall–Kier alpha value is -0.280. The van der Waals surface area contributed by atoms with Crippen molar-refractivity contribution in [3.63, 3.8) is 0 Å². The third-order valence-electron chi connectivity index (χ3n) is 4.86. The van der Waals surface area contributed by atoms with Gasteiger partial charge in [-0.1, -0.05) is 18.2 Å². The third kappa shape index (κ3) is 9.92. The number of piperazine rings is 1. The fourth-order valence-corrected chi connectivity index (χ4v) is 4.30. The van der Waals surface area contributed by atoms with Crippen molar-refractivity contribution in [1.82, 2.24) is 19.8 Å². The van der Waals surface area contributed by atoms with Crippen molar-refractivity contribution in [2.24, 2.45) is 0 Å². The number of nitrogens with one attached hydrogen (secondary N) is 1. The molecule has 1 aliphatic rings. The monoisotopic (exact) mass is 583 g/mol. The zero-order chi connectivity index (χ0) is 17.8. The van der Waals surface area contributed by atoms with E-state index in [2.05, 4.69) is 57.5 Å². The van der Waals surface area contributed by atoms with E-state index >= 15 is 0 Å². The second-order valence-corrected chi connectivity index (χ2v) is 7.92. The number of anilines is 1. The summed E-state index contributed by atoms with van der Waals surface area (Å²) in [7, 11) is 2.19. The maximum absolute atomic E-state index is 4.70. The maximum Gasteiger partial charge on any atom is 0.223 e. The Morgan fingerprint density at radius 3 is 2.31 bits per heavy atom. The molecule has 0 radical (unpaired) electrons. The average Bonchev–Trinajstić information content (AvgIpc) is 3.11. The minimum atomic E-state index is 0. The van der Waals surface area contributed by atoms with Crippen LogP contribution in [-0.2, 0) is 0 Å². The second kappa shape index (κ2) is 18.1. The molecule has 3 heterocycles.